The van der Waals surface area contributed by atoms with Crippen LogP contribution in [0.2, 0.25) is 0 Å². The number of fused-ring (bicyclic) bond motifs is 1. The number of carbonyl (C=O) groups excluding carboxylic acids is 2. The zero-order valence-electron chi connectivity index (χ0n) is 20.2. The minimum Gasteiger partial charge on any atom is -0.497 e. The van der Waals surface area contributed by atoms with Crippen molar-refractivity contribution in [3.8, 4) is 17.1 Å². The number of ether oxygens (including phenoxy) is 1. The van der Waals surface area contributed by atoms with Gasteiger partial charge in [0, 0.05) is 51.1 Å². The number of methoxy groups -OCH3 is 1. The van der Waals surface area contributed by atoms with Gasteiger partial charge in [0.1, 0.15) is 5.75 Å². The minimum atomic E-state index is -0.331. The first kappa shape index (κ1) is 23.8. The fraction of sp³-hybridized carbons (Fsp3) is 0.385. The predicted octanol–water partition coefficient (Wildman–Crippen LogP) is 3.20. The number of aryl methyl sites for hydroxylation is 1. The number of aromatic nitrogens is 2. The Morgan fingerprint density at radius 1 is 1.11 bits per heavy atom. The van der Waals surface area contributed by atoms with Crippen molar-refractivity contribution in [1.82, 2.24) is 19.9 Å². The topological polar surface area (TPSA) is 113 Å². The molecule has 5 rings (SSSR count). The van der Waals surface area contributed by atoms with Crippen LogP contribution >= 0.6 is 0 Å². The normalized spacial score (nSPS) is 20.0. The molecule has 1 aromatic heterocycles. The van der Waals surface area contributed by atoms with Crippen LogP contribution in [0.5, 0.6) is 5.75 Å². The van der Waals surface area contributed by atoms with Crippen LogP contribution in [-0.4, -0.2) is 71.6 Å². The molecule has 10 heteroatoms. The van der Waals surface area contributed by atoms with Gasteiger partial charge in [0.2, 0.25) is 17.6 Å². The zero-order valence-corrected chi connectivity index (χ0v) is 20.2. The Balaban J connectivity index is 1.13. The van der Waals surface area contributed by atoms with Gasteiger partial charge >= 0.3 is 0 Å². The fourth-order valence-corrected chi connectivity index (χ4v) is 4.56. The quantitative estimate of drug-likeness (QED) is 0.588. The summed E-state index contributed by atoms with van der Waals surface area (Å²) < 4.78 is 10.5. The summed E-state index contributed by atoms with van der Waals surface area (Å²) in [4.78, 5) is 33.5. The van der Waals surface area contributed by atoms with Crippen LogP contribution in [0.15, 0.2) is 74.6 Å². The molecule has 1 unspecified atom stereocenters. The largest absolute Gasteiger partial charge is 0.497 e. The lowest BCUT2D eigenvalue weighted by molar-refractivity contribution is -0.131. The van der Waals surface area contributed by atoms with Gasteiger partial charge in [-0.25, -0.2) is 0 Å². The average Bonchev–Trinajstić information content (AvgIpc) is 3.27. The average molecular weight is 489 g/mol. The van der Waals surface area contributed by atoms with E-state index >= 15 is 0 Å². The molecule has 0 N–H and O–H groups in total. The molecule has 0 spiro atoms. The Labute approximate surface area is 209 Å². The number of azo groups is 1. The second-order valence-corrected chi connectivity index (χ2v) is 8.91. The van der Waals surface area contributed by atoms with Crippen molar-refractivity contribution in [2.75, 3.05) is 39.8 Å². The highest BCUT2D eigenvalue weighted by Gasteiger charge is 2.28. The zero-order chi connectivity index (χ0) is 24.9. The van der Waals surface area contributed by atoms with Crippen LogP contribution in [0.25, 0.3) is 11.4 Å². The van der Waals surface area contributed by atoms with Crippen molar-refractivity contribution in [2.45, 2.75) is 19.3 Å². The molecule has 1 fully saturated rings. The Morgan fingerprint density at radius 2 is 1.97 bits per heavy atom. The number of allylic oxidation sites excluding steroid dienone is 3. The molecule has 3 heterocycles. The van der Waals surface area contributed by atoms with E-state index in [1.165, 1.54) is 0 Å². The summed E-state index contributed by atoms with van der Waals surface area (Å²) in [6, 6.07) is 7.41. The molecule has 1 atom stereocenters. The van der Waals surface area contributed by atoms with Crippen molar-refractivity contribution in [2.24, 2.45) is 16.1 Å². The van der Waals surface area contributed by atoms with E-state index in [-0.39, 0.29) is 17.7 Å². The third-order valence-corrected chi connectivity index (χ3v) is 6.58. The molecule has 1 aromatic carbocycles. The van der Waals surface area contributed by atoms with Gasteiger partial charge < -0.3 is 14.2 Å². The molecule has 0 saturated carbocycles. The summed E-state index contributed by atoms with van der Waals surface area (Å²) in [5, 5.41) is 12.1. The summed E-state index contributed by atoms with van der Waals surface area (Å²) in [6.07, 6.45) is 9.18. The summed E-state index contributed by atoms with van der Waals surface area (Å²) in [5.41, 5.74) is 2.57. The highest BCUT2D eigenvalue weighted by molar-refractivity contribution is 5.86. The van der Waals surface area contributed by atoms with Crippen molar-refractivity contribution in [3.05, 3.63) is 65.7 Å². The standard InChI is InChI=1S/C26H28N6O4/c1-35-19-9-7-18(8-10-19)25-27-23(36-30-25)11-12-24(33)32-14-4-13-31(15-16-32)17-22-20-5-2-3-6-21(20)26(34)29-28-22/h2-3,5-10,21H,4,11-17H2,1H3. The van der Waals surface area contributed by atoms with Gasteiger partial charge in [0.05, 0.1) is 18.7 Å². The first-order valence-electron chi connectivity index (χ1n) is 12.1. The maximum Gasteiger partial charge on any atom is 0.275 e. The lowest BCUT2D eigenvalue weighted by Crippen LogP contribution is -2.36. The SMILES string of the molecule is COc1ccc(-c2noc(CCC(=O)N3CCCN(CC4=C5C=CC=CC5C(=O)N=N4)CC3)n2)cc1. The van der Waals surface area contributed by atoms with E-state index in [0.717, 1.165) is 42.1 Å². The number of nitrogens with zero attached hydrogens (tertiary/aromatic N) is 6. The van der Waals surface area contributed by atoms with Crippen LogP contribution in [0, 0.1) is 5.92 Å². The van der Waals surface area contributed by atoms with Crippen molar-refractivity contribution in [3.63, 3.8) is 0 Å². The van der Waals surface area contributed by atoms with Gasteiger partial charge in [-0.1, -0.05) is 29.5 Å². The number of carbonyl (C=O) groups is 2. The highest BCUT2D eigenvalue weighted by Crippen LogP contribution is 2.29. The summed E-state index contributed by atoms with van der Waals surface area (Å²) in [6.45, 7) is 3.53. The molecule has 0 bridgehead atoms. The second-order valence-electron chi connectivity index (χ2n) is 8.91. The molecule has 1 saturated heterocycles. The third-order valence-electron chi connectivity index (χ3n) is 6.58. The molecule has 3 aliphatic rings. The van der Waals surface area contributed by atoms with Crippen molar-refractivity contribution in [1.29, 1.82) is 0 Å². The van der Waals surface area contributed by atoms with Crippen LogP contribution in [-0.2, 0) is 16.0 Å². The molecule has 2 aliphatic heterocycles. The van der Waals surface area contributed by atoms with E-state index in [1.54, 1.807) is 7.11 Å². The van der Waals surface area contributed by atoms with Crippen LogP contribution in [0.1, 0.15) is 18.7 Å². The smallest absolute Gasteiger partial charge is 0.275 e. The maximum atomic E-state index is 12.9. The van der Waals surface area contributed by atoms with Crippen LogP contribution in [0.3, 0.4) is 0 Å². The lowest BCUT2D eigenvalue weighted by Gasteiger charge is -2.25. The minimum absolute atomic E-state index is 0.0754. The predicted molar refractivity (Wildman–Crippen MR) is 131 cm³/mol. The first-order chi connectivity index (χ1) is 17.6. The molecule has 36 heavy (non-hydrogen) atoms. The van der Waals surface area contributed by atoms with Gasteiger partial charge in [-0.3, -0.25) is 14.5 Å². The maximum absolute atomic E-state index is 12.9. The molecular weight excluding hydrogens is 460 g/mol. The lowest BCUT2D eigenvalue weighted by atomic mass is 9.91. The van der Waals surface area contributed by atoms with E-state index in [1.807, 2.05) is 53.5 Å². The Kier molecular flexibility index (Phi) is 7.13. The Morgan fingerprint density at radius 3 is 2.81 bits per heavy atom. The van der Waals surface area contributed by atoms with Gasteiger partial charge in [-0.2, -0.15) is 10.1 Å². The Bertz CT molecular complexity index is 1240. The third kappa shape index (κ3) is 5.33. The van der Waals surface area contributed by atoms with E-state index in [0.29, 0.717) is 44.2 Å². The molecular formula is C26H28N6O4. The van der Waals surface area contributed by atoms with Crippen molar-refractivity contribution < 1.29 is 18.8 Å². The van der Waals surface area contributed by atoms with Crippen LogP contribution < -0.4 is 4.74 Å². The van der Waals surface area contributed by atoms with E-state index in [4.69, 9.17) is 9.26 Å². The van der Waals surface area contributed by atoms with E-state index in [9.17, 15) is 9.59 Å². The molecule has 2 amide bonds. The summed E-state index contributed by atoms with van der Waals surface area (Å²) in [5.74, 6) is 1.22. The number of amides is 2. The number of hydrogen-bond donors (Lipinski definition) is 0. The van der Waals surface area contributed by atoms with E-state index < -0.39 is 0 Å². The van der Waals surface area contributed by atoms with Crippen LogP contribution in [0.4, 0.5) is 0 Å². The summed E-state index contributed by atoms with van der Waals surface area (Å²) in [7, 11) is 1.62. The van der Waals surface area contributed by atoms with Crippen molar-refractivity contribution >= 4 is 11.8 Å². The molecule has 0 radical (unpaired) electrons. The van der Waals surface area contributed by atoms with Gasteiger partial charge in [-0.15, -0.1) is 5.11 Å². The second kappa shape index (κ2) is 10.8. The molecule has 10 nitrogen and oxygen atoms in total. The monoisotopic (exact) mass is 488 g/mol. The summed E-state index contributed by atoms with van der Waals surface area (Å²) >= 11 is 0. The van der Waals surface area contributed by atoms with Gasteiger partial charge in [0.15, 0.2) is 0 Å². The van der Waals surface area contributed by atoms with E-state index in [2.05, 4.69) is 25.3 Å². The van der Waals surface area contributed by atoms with Gasteiger partial charge in [0.25, 0.3) is 5.91 Å². The van der Waals surface area contributed by atoms with Gasteiger partial charge in [-0.05, 0) is 36.3 Å². The number of rotatable bonds is 7. The number of hydrogen-bond acceptors (Lipinski definition) is 8. The Hall–Kier alpha value is -3.92. The molecule has 1 aliphatic carbocycles. The fourth-order valence-electron chi connectivity index (χ4n) is 4.56. The first-order valence-corrected chi connectivity index (χ1v) is 12.1. The number of benzene rings is 1. The highest BCUT2D eigenvalue weighted by atomic mass is 16.5. The molecule has 2 aromatic rings. The molecule has 186 valence electrons.